The minimum Gasteiger partial charge on any atom is -0.478 e. The first-order valence-corrected chi connectivity index (χ1v) is 13.3. The van der Waals surface area contributed by atoms with E-state index in [4.69, 9.17) is 23.2 Å². The molecule has 1 saturated heterocycles. The van der Waals surface area contributed by atoms with E-state index in [-0.39, 0.29) is 50.8 Å². The fourth-order valence-electron chi connectivity index (χ4n) is 3.60. The molecule has 4 rings (SSSR count). The number of nitrogens with one attached hydrogen (secondary N) is 1. The maximum atomic E-state index is 13.5. The van der Waals surface area contributed by atoms with Crippen LogP contribution in [0.2, 0.25) is 10.0 Å². The summed E-state index contributed by atoms with van der Waals surface area (Å²) in [6.45, 7) is 0.471. The zero-order valence-electron chi connectivity index (χ0n) is 17.6. The van der Waals surface area contributed by atoms with E-state index in [0.717, 1.165) is 18.3 Å². The van der Waals surface area contributed by atoms with Gasteiger partial charge in [-0.1, -0.05) is 23.2 Å². The molecule has 0 spiro atoms. The largest absolute Gasteiger partial charge is 0.478 e. The van der Waals surface area contributed by atoms with Crippen LogP contribution < -0.4 is 5.32 Å². The van der Waals surface area contributed by atoms with Crippen molar-refractivity contribution in [3.63, 3.8) is 0 Å². The average molecular weight is 566 g/mol. The summed E-state index contributed by atoms with van der Waals surface area (Å²) < 4.78 is 68.5. The molecule has 7 nitrogen and oxygen atoms in total. The maximum absolute atomic E-state index is 13.5. The number of carbonyl (C=O) groups is 1. The van der Waals surface area contributed by atoms with Crippen molar-refractivity contribution in [3.05, 3.63) is 57.7 Å². The lowest BCUT2D eigenvalue weighted by Gasteiger charge is -2.27. The Morgan fingerprint density at radius 2 is 1.83 bits per heavy atom. The number of halogens is 5. The predicted octanol–water partition coefficient (Wildman–Crippen LogP) is 5.74. The molecule has 1 aromatic heterocycles. The number of carboxylic acid groups (broad SMARTS) is 1. The molecule has 0 saturated carbocycles. The number of pyridine rings is 1. The van der Waals surface area contributed by atoms with Crippen molar-refractivity contribution < 1.29 is 31.5 Å². The normalized spacial score (nSPS) is 15.3. The monoisotopic (exact) mass is 565 g/mol. The summed E-state index contributed by atoms with van der Waals surface area (Å²) in [5, 5.41) is 11.8. The molecular weight excluding hydrogens is 550 g/mol. The van der Waals surface area contributed by atoms with Crippen molar-refractivity contribution in [2.24, 2.45) is 0 Å². The van der Waals surface area contributed by atoms with Gasteiger partial charge in [0.2, 0.25) is 10.0 Å². The zero-order valence-corrected chi connectivity index (χ0v) is 20.7. The molecule has 2 N–H and O–H groups in total. The number of rotatable bonds is 5. The molecule has 0 aliphatic carbocycles. The number of nitrogens with zero attached hydrogens (tertiary/aromatic N) is 2. The molecule has 2 aromatic carbocycles. The number of carboxylic acids is 1. The standard InChI is InChI=1S/C21H16Cl2F3N3O4S2/c22-11-1-2-16(13(7-11)20(30)31)28-19-12-8-15(23)14(21(24,25)26)9-17(12)27-10-18(19)35(32,33)29-3-5-34-6-4-29/h1-2,7-10H,3-6H2,(H,27,28)(H,30,31). The van der Waals surface area contributed by atoms with E-state index in [2.05, 4.69) is 10.3 Å². The van der Waals surface area contributed by atoms with Crippen LogP contribution >= 0.6 is 35.0 Å². The lowest BCUT2D eigenvalue weighted by molar-refractivity contribution is -0.137. The Morgan fingerprint density at radius 3 is 2.46 bits per heavy atom. The summed E-state index contributed by atoms with van der Waals surface area (Å²) in [5.41, 5.74) is -1.74. The SMILES string of the molecule is O=C(O)c1cc(Cl)ccc1Nc1c(S(=O)(=O)N2CCSCC2)cnc2cc(C(F)(F)F)c(Cl)cc12. The van der Waals surface area contributed by atoms with Gasteiger partial charge in [0, 0.05) is 41.2 Å². The topological polar surface area (TPSA) is 99.6 Å². The van der Waals surface area contributed by atoms with Gasteiger partial charge in [-0.15, -0.1) is 0 Å². The molecule has 186 valence electrons. The first-order valence-electron chi connectivity index (χ1n) is 9.97. The van der Waals surface area contributed by atoms with Crippen LogP contribution in [0.4, 0.5) is 24.5 Å². The first-order chi connectivity index (χ1) is 16.4. The van der Waals surface area contributed by atoms with Crippen molar-refractivity contribution in [1.82, 2.24) is 9.29 Å². The summed E-state index contributed by atoms with van der Waals surface area (Å²) in [7, 11) is -4.14. The number of fused-ring (bicyclic) bond motifs is 1. The number of hydrogen-bond acceptors (Lipinski definition) is 6. The lowest BCUT2D eigenvalue weighted by Crippen LogP contribution is -2.38. The van der Waals surface area contributed by atoms with Crippen molar-refractivity contribution in [3.8, 4) is 0 Å². The number of thioether (sulfide) groups is 1. The van der Waals surface area contributed by atoms with Crippen LogP contribution in [0.3, 0.4) is 0 Å². The highest BCUT2D eigenvalue weighted by Crippen LogP contribution is 2.41. The summed E-state index contributed by atoms with van der Waals surface area (Å²) in [5.74, 6) is -0.197. The van der Waals surface area contributed by atoms with Crippen LogP contribution in [0.1, 0.15) is 15.9 Å². The third-order valence-electron chi connectivity index (χ3n) is 5.29. The van der Waals surface area contributed by atoms with Gasteiger partial charge in [0.15, 0.2) is 0 Å². The molecule has 1 fully saturated rings. The summed E-state index contributed by atoms with van der Waals surface area (Å²) in [6, 6.07) is 5.58. The molecule has 0 amide bonds. The van der Waals surface area contributed by atoms with Crippen LogP contribution in [0.5, 0.6) is 0 Å². The van der Waals surface area contributed by atoms with Gasteiger partial charge < -0.3 is 10.4 Å². The molecule has 0 bridgehead atoms. The second-order valence-corrected chi connectivity index (χ2v) is 11.5. The highest BCUT2D eigenvalue weighted by Gasteiger charge is 2.35. The van der Waals surface area contributed by atoms with Gasteiger partial charge in [-0.25, -0.2) is 13.2 Å². The van der Waals surface area contributed by atoms with E-state index in [0.29, 0.717) is 11.5 Å². The molecule has 1 aliphatic rings. The fraction of sp³-hybridized carbons (Fsp3) is 0.238. The van der Waals surface area contributed by atoms with Gasteiger partial charge in [-0.2, -0.15) is 29.2 Å². The third-order valence-corrected chi connectivity index (χ3v) is 8.69. The molecule has 0 radical (unpaired) electrons. The van der Waals surface area contributed by atoms with Gasteiger partial charge >= 0.3 is 12.1 Å². The van der Waals surface area contributed by atoms with Gasteiger partial charge in [0.25, 0.3) is 0 Å². The maximum Gasteiger partial charge on any atom is 0.417 e. The lowest BCUT2D eigenvalue weighted by atomic mass is 10.1. The second kappa shape index (κ2) is 9.66. The number of anilines is 2. The van der Waals surface area contributed by atoms with E-state index >= 15 is 0 Å². The molecule has 1 aliphatic heterocycles. The van der Waals surface area contributed by atoms with E-state index in [1.165, 1.54) is 22.5 Å². The Balaban J connectivity index is 1.98. The molecule has 3 aromatic rings. The zero-order chi connectivity index (χ0) is 25.5. The predicted molar refractivity (Wildman–Crippen MR) is 130 cm³/mol. The molecule has 35 heavy (non-hydrogen) atoms. The number of benzene rings is 2. The average Bonchev–Trinajstić information content (AvgIpc) is 2.79. The Hall–Kier alpha value is -2.25. The Kier molecular flexibility index (Phi) is 7.13. The Labute approximate surface area is 212 Å². The van der Waals surface area contributed by atoms with E-state index in [9.17, 15) is 31.5 Å². The van der Waals surface area contributed by atoms with Crippen molar-refractivity contribution in [2.45, 2.75) is 11.1 Å². The van der Waals surface area contributed by atoms with Gasteiger partial charge in [0.05, 0.1) is 33.0 Å². The fourth-order valence-corrected chi connectivity index (χ4v) is 6.72. The minimum atomic E-state index is -4.76. The molecule has 0 atom stereocenters. The molecule has 2 heterocycles. The highest BCUT2D eigenvalue weighted by molar-refractivity contribution is 7.99. The number of sulfonamides is 1. The number of aromatic nitrogens is 1. The van der Waals surface area contributed by atoms with E-state index < -0.39 is 32.8 Å². The van der Waals surface area contributed by atoms with Crippen LogP contribution in [0.15, 0.2) is 41.4 Å². The van der Waals surface area contributed by atoms with Gasteiger partial charge in [-0.05, 0) is 30.3 Å². The number of alkyl halides is 3. The van der Waals surface area contributed by atoms with Crippen LogP contribution in [0.25, 0.3) is 10.9 Å². The van der Waals surface area contributed by atoms with E-state index in [1.54, 1.807) is 11.8 Å². The molecule has 0 unspecified atom stereocenters. The molecular formula is C21H16Cl2F3N3O4S2. The van der Waals surface area contributed by atoms with Crippen LogP contribution in [-0.4, -0.2) is 53.4 Å². The summed E-state index contributed by atoms with van der Waals surface area (Å²) in [4.78, 5) is 15.4. The number of hydrogen-bond donors (Lipinski definition) is 2. The Morgan fingerprint density at radius 1 is 1.14 bits per heavy atom. The van der Waals surface area contributed by atoms with Crippen LogP contribution in [0, 0.1) is 0 Å². The number of aromatic carboxylic acids is 1. The second-order valence-electron chi connectivity index (χ2n) is 7.48. The highest BCUT2D eigenvalue weighted by atomic mass is 35.5. The summed E-state index contributed by atoms with van der Waals surface area (Å²) in [6.07, 6.45) is -3.80. The Bertz CT molecular complexity index is 1430. The van der Waals surface area contributed by atoms with Gasteiger partial charge in [0.1, 0.15) is 4.90 Å². The van der Waals surface area contributed by atoms with Gasteiger partial charge in [-0.3, -0.25) is 4.98 Å². The first kappa shape index (κ1) is 25.8. The summed E-state index contributed by atoms with van der Waals surface area (Å²) >= 11 is 13.4. The quantitative estimate of drug-likeness (QED) is 0.407. The van der Waals surface area contributed by atoms with Crippen molar-refractivity contribution in [2.75, 3.05) is 29.9 Å². The van der Waals surface area contributed by atoms with Crippen molar-refractivity contribution in [1.29, 1.82) is 0 Å². The minimum absolute atomic E-state index is 0.0175. The molecule has 14 heteroatoms. The third kappa shape index (κ3) is 5.17. The van der Waals surface area contributed by atoms with Crippen molar-refractivity contribution >= 4 is 73.2 Å². The van der Waals surface area contributed by atoms with Crippen LogP contribution in [-0.2, 0) is 16.2 Å². The smallest absolute Gasteiger partial charge is 0.417 e. The van der Waals surface area contributed by atoms with E-state index in [1.807, 2.05) is 0 Å².